The molecule has 0 bridgehead atoms. The molecule has 1 amide bonds. The van der Waals surface area contributed by atoms with Crippen LogP contribution in [-0.2, 0) is 14.3 Å². The Morgan fingerprint density at radius 3 is 2.83 bits per heavy atom. The standard InChI is InChI=1S/C17H26N2O3S2/c1-2-3-11-21-13-14-22-12-6-10-18-16(20)8-15-23-24-17-7-4-5-9-19-17/h4-5,7,9-10H,2-3,6,8,11-15H2,1H3. The molecule has 1 heterocycles. The van der Waals surface area contributed by atoms with Crippen molar-refractivity contribution < 1.29 is 14.3 Å². The average molecular weight is 371 g/mol. The topological polar surface area (TPSA) is 60.8 Å². The minimum Gasteiger partial charge on any atom is -0.379 e. The molecular formula is C17H26N2O3S2. The Morgan fingerprint density at radius 2 is 2.08 bits per heavy atom. The molecule has 0 aliphatic heterocycles. The number of rotatable bonds is 14. The molecule has 0 radical (unpaired) electrons. The Kier molecular flexibility index (Phi) is 13.8. The predicted octanol–water partition coefficient (Wildman–Crippen LogP) is 4.03. The van der Waals surface area contributed by atoms with Crippen molar-refractivity contribution in [3.05, 3.63) is 24.4 Å². The number of nitrogens with zero attached hydrogens (tertiary/aromatic N) is 2. The van der Waals surface area contributed by atoms with Crippen molar-refractivity contribution in [3.8, 4) is 0 Å². The second-order valence-corrected chi connectivity index (χ2v) is 7.33. The number of hydrogen-bond donors (Lipinski definition) is 0. The number of aliphatic imine (C=N–C) groups is 1. The Morgan fingerprint density at radius 1 is 1.25 bits per heavy atom. The van der Waals surface area contributed by atoms with E-state index in [0.29, 0.717) is 32.7 Å². The first-order chi connectivity index (χ1) is 11.8. The lowest BCUT2D eigenvalue weighted by Gasteiger charge is -2.03. The highest BCUT2D eigenvalue weighted by Gasteiger charge is 2.00. The smallest absolute Gasteiger partial charge is 0.246 e. The zero-order valence-corrected chi connectivity index (χ0v) is 15.8. The van der Waals surface area contributed by atoms with Crippen LogP contribution in [0.4, 0.5) is 0 Å². The summed E-state index contributed by atoms with van der Waals surface area (Å²) in [5.41, 5.74) is 0. The van der Waals surface area contributed by atoms with Crippen LogP contribution in [0.15, 0.2) is 34.4 Å². The summed E-state index contributed by atoms with van der Waals surface area (Å²) in [4.78, 5) is 19.7. The minimum atomic E-state index is -0.0907. The van der Waals surface area contributed by atoms with Crippen molar-refractivity contribution in [1.29, 1.82) is 0 Å². The van der Waals surface area contributed by atoms with Gasteiger partial charge in [0.2, 0.25) is 5.91 Å². The molecule has 0 N–H and O–H groups in total. The summed E-state index contributed by atoms with van der Waals surface area (Å²) in [7, 11) is 3.19. The quantitative estimate of drug-likeness (QED) is 0.280. The Labute approximate surface area is 152 Å². The molecule has 0 unspecified atom stereocenters. The first kappa shape index (κ1) is 21.2. The summed E-state index contributed by atoms with van der Waals surface area (Å²) in [6.45, 7) is 4.72. The van der Waals surface area contributed by atoms with E-state index < -0.39 is 0 Å². The van der Waals surface area contributed by atoms with Crippen LogP contribution in [-0.4, -0.2) is 49.3 Å². The van der Waals surface area contributed by atoms with Crippen LogP contribution in [0.3, 0.4) is 0 Å². The third-order valence-corrected chi connectivity index (χ3v) is 5.09. The average Bonchev–Trinajstić information content (AvgIpc) is 2.61. The van der Waals surface area contributed by atoms with E-state index in [2.05, 4.69) is 16.9 Å². The van der Waals surface area contributed by atoms with E-state index in [1.807, 2.05) is 18.2 Å². The number of aromatic nitrogens is 1. The van der Waals surface area contributed by atoms with Gasteiger partial charge in [0.25, 0.3) is 0 Å². The van der Waals surface area contributed by atoms with E-state index >= 15 is 0 Å². The number of pyridine rings is 1. The van der Waals surface area contributed by atoms with Gasteiger partial charge in [0, 0.05) is 37.6 Å². The van der Waals surface area contributed by atoms with E-state index in [4.69, 9.17) is 9.47 Å². The van der Waals surface area contributed by atoms with E-state index in [1.54, 1.807) is 34.0 Å². The van der Waals surface area contributed by atoms with Gasteiger partial charge in [-0.25, -0.2) is 9.98 Å². The highest BCUT2D eigenvalue weighted by molar-refractivity contribution is 8.76. The molecule has 0 fully saturated rings. The van der Waals surface area contributed by atoms with Gasteiger partial charge in [0.15, 0.2) is 0 Å². The lowest BCUT2D eigenvalue weighted by atomic mass is 10.4. The molecule has 7 heteroatoms. The summed E-state index contributed by atoms with van der Waals surface area (Å²) >= 11 is 0. The number of hydrogen-bond acceptors (Lipinski definition) is 6. The Bertz CT molecular complexity index is 458. The van der Waals surface area contributed by atoms with Gasteiger partial charge < -0.3 is 9.47 Å². The first-order valence-electron chi connectivity index (χ1n) is 8.24. The zero-order chi connectivity index (χ0) is 17.3. The largest absolute Gasteiger partial charge is 0.379 e. The second-order valence-electron chi connectivity index (χ2n) is 4.90. The van der Waals surface area contributed by atoms with Crippen LogP contribution >= 0.6 is 21.6 Å². The number of carbonyl (C=O) groups excluding carboxylic acids is 1. The molecule has 1 aromatic rings. The predicted molar refractivity (Wildman–Crippen MR) is 102 cm³/mol. The molecule has 0 saturated heterocycles. The van der Waals surface area contributed by atoms with Crippen molar-refractivity contribution in [1.82, 2.24) is 4.98 Å². The Hall–Kier alpha value is -0.890. The molecule has 0 atom stereocenters. The van der Waals surface area contributed by atoms with Crippen molar-refractivity contribution in [2.24, 2.45) is 4.99 Å². The fourth-order valence-electron chi connectivity index (χ4n) is 1.56. The van der Waals surface area contributed by atoms with Crippen LogP contribution < -0.4 is 0 Å². The lowest BCUT2D eigenvalue weighted by Crippen LogP contribution is -2.06. The molecule has 24 heavy (non-hydrogen) atoms. The SMILES string of the molecule is CCCCOCCOCCC=NC(=O)CCSSc1ccccn1. The monoisotopic (exact) mass is 370 g/mol. The van der Waals surface area contributed by atoms with Crippen molar-refractivity contribution in [2.75, 3.05) is 32.2 Å². The Balaban J connectivity index is 1.90. The van der Waals surface area contributed by atoms with E-state index in [-0.39, 0.29) is 5.91 Å². The highest BCUT2D eigenvalue weighted by Crippen LogP contribution is 2.29. The van der Waals surface area contributed by atoms with Gasteiger partial charge in [-0.3, -0.25) is 4.79 Å². The van der Waals surface area contributed by atoms with Gasteiger partial charge in [-0.05, 0) is 29.3 Å². The summed E-state index contributed by atoms with van der Waals surface area (Å²) in [6, 6.07) is 5.79. The summed E-state index contributed by atoms with van der Waals surface area (Å²) in [5.74, 6) is 0.634. The fourth-order valence-corrected chi connectivity index (χ4v) is 3.42. The molecule has 0 spiro atoms. The number of amides is 1. The second kappa shape index (κ2) is 15.6. The molecule has 1 rings (SSSR count). The van der Waals surface area contributed by atoms with E-state index in [1.165, 1.54) is 0 Å². The number of ether oxygens (including phenoxy) is 2. The summed E-state index contributed by atoms with van der Waals surface area (Å²) in [5, 5.41) is 0.953. The molecule has 0 saturated carbocycles. The van der Waals surface area contributed by atoms with Crippen LogP contribution in [0.5, 0.6) is 0 Å². The lowest BCUT2D eigenvalue weighted by molar-refractivity contribution is -0.117. The van der Waals surface area contributed by atoms with Gasteiger partial charge in [0.1, 0.15) is 5.03 Å². The third kappa shape index (κ3) is 12.5. The maximum atomic E-state index is 11.6. The van der Waals surface area contributed by atoms with Crippen LogP contribution in [0.2, 0.25) is 0 Å². The fraction of sp³-hybridized carbons (Fsp3) is 0.588. The first-order valence-corrected chi connectivity index (χ1v) is 10.6. The molecular weight excluding hydrogens is 344 g/mol. The molecule has 134 valence electrons. The summed E-state index contributed by atoms with van der Waals surface area (Å²) < 4.78 is 10.8. The zero-order valence-electron chi connectivity index (χ0n) is 14.2. The molecule has 0 aromatic carbocycles. The molecule has 5 nitrogen and oxygen atoms in total. The molecule has 1 aromatic heterocycles. The number of unbranched alkanes of at least 4 members (excludes halogenated alkanes) is 1. The van der Waals surface area contributed by atoms with Gasteiger partial charge in [0.05, 0.1) is 19.8 Å². The minimum absolute atomic E-state index is 0.0907. The maximum absolute atomic E-state index is 11.6. The summed E-state index contributed by atoms with van der Waals surface area (Å²) in [6.07, 6.45) is 6.72. The van der Waals surface area contributed by atoms with Gasteiger partial charge in [-0.1, -0.05) is 30.2 Å². The van der Waals surface area contributed by atoms with Crippen molar-refractivity contribution in [2.45, 2.75) is 37.6 Å². The van der Waals surface area contributed by atoms with Crippen molar-refractivity contribution in [3.63, 3.8) is 0 Å². The number of carbonyl (C=O) groups is 1. The van der Waals surface area contributed by atoms with Gasteiger partial charge in [-0.2, -0.15) is 0 Å². The molecule has 0 aliphatic carbocycles. The third-order valence-electron chi connectivity index (χ3n) is 2.82. The highest BCUT2D eigenvalue weighted by atomic mass is 33.1. The maximum Gasteiger partial charge on any atom is 0.246 e. The van der Waals surface area contributed by atoms with Crippen LogP contribution in [0.25, 0.3) is 0 Å². The van der Waals surface area contributed by atoms with Crippen molar-refractivity contribution >= 4 is 33.7 Å². The van der Waals surface area contributed by atoms with Crippen LogP contribution in [0.1, 0.15) is 32.6 Å². The van der Waals surface area contributed by atoms with Gasteiger partial charge in [-0.15, -0.1) is 0 Å². The van der Waals surface area contributed by atoms with Crippen LogP contribution in [0, 0.1) is 0 Å². The van der Waals surface area contributed by atoms with Gasteiger partial charge >= 0.3 is 0 Å². The van der Waals surface area contributed by atoms with E-state index in [0.717, 1.165) is 30.2 Å². The van der Waals surface area contributed by atoms with E-state index in [9.17, 15) is 4.79 Å². The normalized spacial score (nSPS) is 11.2. The molecule has 0 aliphatic rings.